The summed E-state index contributed by atoms with van der Waals surface area (Å²) in [7, 11) is 0. The molecule has 198 valence electrons. The molecule has 7 nitrogen and oxygen atoms in total. The van der Waals surface area contributed by atoms with Crippen LogP contribution >= 0.6 is 0 Å². The summed E-state index contributed by atoms with van der Waals surface area (Å²) < 4.78 is 0. The third kappa shape index (κ3) is 17.8. The van der Waals surface area contributed by atoms with E-state index in [1.807, 2.05) is 0 Å². The SMILES string of the molecule is NC1CCCC1.NCCCCN1CCCC1.NCCCN1CCCC1.NCCN1CCCC1. The van der Waals surface area contributed by atoms with E-state index in [0.29, 0.717) is 6.04 Å². The largest absolute Gasteiger partial charge is 0.330 e. The van der Waals surface area contributed by atoms with Crippen LogP contribution in [0.4, 0.5) is 0 Å². The highest BCUT2D eigenvalue weighted by atomic mass is 15.1. The average molecular weight is 470 g/mol. The van der Waals surface area contributed by atoms with E-state index in [0.717, 1.165) is 26.2 Å². The van der Waals surface area contributed by atoms with E-state index < -0.39 is 0 Å². The number of nitrogens with zero attached hydrogens (tertiary/aromatic N) is 3. The average Bonchev–Trinajstić information content (AvgIpc) is 3.64. The van der Waals surface area contributed by atoms with E-state index in [1.54, 1.807) is 0 Å². The summed E-state index contributed by atoms with van der Waals surface area (Å²) >= 11 is 0. The standard InChI is InChI=1S/C8H18N2.C7H16N2.C6H14N2.C5H11N/c9-5-1-2-6-10-7-3-4-8-10;8-4-3-7-9-5-1-2-6-9;7-3-6-8-4-1-2-5-8;6-5-3-1-2-4-5/h1-9H2;1-8H2;1-7H2;5H,1-4,6H2. The first kappa shape index (κ1) is 30.8. The van der Waals surface area contributed by atoms with Crippen LogP contribution in [-0.4, -0.2) is 99.3 Å². The second-order valence-electron chi connectivity index (χ2n) is 10.1. The third-order valence-corrected chi connectivity index (χ3v) is 7.05. The molecular formula is C26H59N7. The first-order chi connectivity index (χ1) is 16.2. The van der Waals surface area contributed by atoms with Crippen molar-refractivity contribution in [1.82, 2.24) is 14.7 Å². The van der Waals surface area contributed by atoms with E-state index >= 15 is 0 Å². The Hall–Kier alpha value is -0.280. The molecule has 3 aliphatic heterocycles. The van der Waals surface area contributed by atoms with Crippen LogP contribution in [0.1, 0.15) is 83.5 Å². The van der Waals surface area contributed by atoms with Gasteiger partial charge in [0.1, 0.15) is 0 Å². The molecule has 4 aliphatic rings. The molecule has 0 aromatic carbocycles. The molecule has 4 rings (SSSR count). The van der Waals surface area contributed by atoms with Crippen molar-refractivity contribution in [2.75, 3.05) is 78.5 Å². The molecule has 4 fully saturated rings. The predicted molar refractivity (Wildman–Crippen MR) is 144 cm³/mol. The first-order valence-electron chi connectivity index (χ1n) is 14.2. The Balaban J connectivity index is 0.000000223. The van der Waals surface area contributed by atoms with Crippen molar-refractivity contribution < 1.29 is 0 Å². The van der Waals surface area contributed by atoms with Crippen molar-refractivity contribution in [1.29, 1.82) is 0 Å². The molecule has 0 amide bonds. The maximum Gasteiger partial charge on any atom is 0.0105 e. The van der Waals surface area contributed by atoms with E-state index in [9.17, 15) is 0 Å². The van der Waals surface area contributed by atoms with Gasteiger partial charge >= 0.3 is 0 Å². The number of nitrogens with two attached hydrogens (primary N) is 4. The maximum absolute atomic E-state index is 5.53. The summed E-state index contributed by atoms with van der Waals surface area (Å²) in [6.45, 7) is 13.9. The smallest absolute Gasteiger partial charge is 0.0105 e. The molecule has 1 saturated carbocycles. The maximum atomic E-state index is 5.53. The van der Waals surface area contributed by atoms with Gasteiger partial charge in [-0.25, -0.2) is 0 Å². The number of rotatable bonds is 9. The van der Waals surface area contributed by atoms with Crippen molar-refractivity contribution >= 4 is 0 Å². The monoisotopic (exact) mass is 469 g/mol. The van der Waals surface area contributed by atoms with Crippen molar-refractivity contribution in [2.45, 2.75) is 89.5 Å². The lowest BCUT2D eigenvalue weighted by Gasteiger charge is -2.12. The van der Waals surface area contributed by atoms with Gasteiger partial charge in [-0.15, -0.1) is 0 Å². The normalized spacial score (nSPS) is 21.8. The van der Waals surface area contributed by atoms with E-state index in [4.69, 9.17) is 22.9 Å². The van der Waals surface area contributed by atoms with Gasteiger partial charge < -0.3 is 37.6 Å². The topological polar surface area (TPSA) is 114 Å². The molecule has 3 saturated heterocycles. The van der Waals surface area contributed by atoms with E-state index in [1.165, 1.54) is 136 Å². The van der Waals surface area contributed by atoms with Crippen LogP contribution in [0.25, 0.3) is 0 Å². The Bertz CT molecular complexity index is 386. The highest BCUT2D eigenvalue weighted by Crippen LogP contribution is 2.14. The van der Waals surface area contributed by atoms with Gasteiger partial charge in [-0.2, -0.15) is 0 Å². The van der Waals surface area contributed by atoms with Crippen LogP contribution in [0.2, 0.25) is 0 Å². The number of hydrogen-bond acceptors (Lipinski definition) is 7. The summed E-state index contributed by atoms with van der Waals surface area (Å²) in [4.78, 5) is 7.45. The molecule has 33 heavy (non-hydrogen) atoms. The van der Waals surface area contributed by atoms with Gasteiger partial charge in [0.05, 0.1) is 0 Å². The van der Waals surface area contributed by atoms with Crippen molar-refractivity contribution in [3.63, 3.8) is 0 Å². The molecule has 7 heteroatoms. The summed E-state index contributed by atoms with van der Waals surface area (Å²) in [6.07, 6.45) is 17.2. The quantitative estimate of drug-likeness (QED) is 0.383. The summed E-state index contributed by atoms with van der Waals surface area (Å²) in [5.41, 5.74) is 21.7. The molecular weight excluding hydrogens is 410 g/mol. The minimum absolute atomic E-state index is 0.546. The fraction of sp³-hybridized carbons (Fsp3) is 1.00. The predicted octanol–water partition coefficient (Wildman–Crippen LogP) is 2.18. The van der Waals surface area contributed by atoms with Crippen molar-refractivity contribution in [2.24, 2.45) is 22.9 Å². The molecule has 0 radical (unpaired) electrons. The van der Waals surface area contributed by atoms with Crippen molar-refractivity contribution in [3.8, 4) is 0 Å². The van der Waals surface area contributed by atoms with Gasteiger partial charge in [0, 0.05) is 19.1 Å². The second-order valence-corrected chi connectivity index (χ2v) is 10.1. The highest BCUT2D eigenvalue weighted by Gasteiger charge is 2.10. The van der Waals surface area contributed by atoms with Gasteiger partial charge in [-0.05, 0) is 136 Å². The number of hydrogen-bond donors (Lipinski definition) is 4. The lowest BCUT2D eigenvalue weighted by molar-refractivity contribution is 0.331. The number of unbranched alkanes of at least 4 members (excludes halogenated alkanes) is 1. The molecule has 0 aromatic rings. The summed E-state index contributed by atoms with van der Waals surface area (Å²) in [5.74, 6) is 0. The van der Waals surface area contributed by atoms with Crippen LogP contribution in [0.3, 0.4) is 0 Å². The Morgan fingerprint density at radius 2 is 0.848 bits per heavy atom. The molecule has 0 atom stereocenters. The molecule has 8 N–H and O–H groups in total. The van der Waals surface area contributed by atoms with Gasteiger partial charge in [0.25, 0.3) is 0 Å². The molecule has 3 heterocycles. The van der Waals surface area contributed by atoms with Crippen LogP contribution in [0.15, 0.2) is 0 Å². The highest BCUT2D eigenvalue weighted by molar-refractivity contribution is 4.68. The minimum atomic E-state index is 0.546. The second kappa shape index (κ2) is 22.2. The van der Waals surface area contributed by atoms with Gasteiger partial charge in [0.2, 0.25) is 0 Å². The Morgan fingerprint density at radius 3 is 1.18 bits per heavy atom. The Labute approximate surface area is 205 Å². The molecule has 0 unspecified atom stereocenters. The minimum Gasteiger partial charge on any atom is -0.330 e. The summed E-state index contributed by atoms with van der Waals surface area (Å²) in [6, 6.07) is 0.546. The molecule has 1 aliphatic carbocycles. The van der Waals surface area contributed by atoms with Crippen LogP contribution in [0.5, 0.6) is 0 Å². The van der Waals surface area contributed by atoms with Gasteiger partial charge in [0.15, 0.2) is 0 Å². The lowest BCUT2D eigenvalue weighted by Crippen LogP contribution is -2.26. The summed E-state index contributed by atoms with van der Waals surface area (Å²) in [5, 5.41) is 0. The van der Waals surface area contributed by atoms with Crippen molar-refractivity contribution in [3.05, 3.63) is 0 Å². The van der Waals surface area contributed by atoms with Crippen LogP contribution < -0.4 is 22.9 Å². The Morgan fingerprint density at radius 1 is 0.455 bits per heavy atom. The fourth-order valence-corrected chi connectivity index (χ4v) is 4.95. The van der Waals surface area contributed by atoms with Gasteiger partial charge in [-0.3, -0.25) is 0 Å². The van der Waals surface area contributed by atoms with E-state index in [-0.39, 0.29) is 0 Å². The molecule has 0 spiro atoms. The molecule has 0 bridgehead atoms. The third-order valence-electron chi connectivity index (χ3n) is 7.05. The molecule has 0 aromatic heterocycles. The van der Waals surface area contributed by atoms with E-state index in [2.05, 4.69) is 14.7 Å². The number of likely N-dealkylation sites (tertiary alicyclic amines) is 3. The lowest BCUT2D eigenvalue weighted by atomic mass is 10.3. The first-order valence-corrected chi connectivity index (χ1v) is 14.2. The zero-order valence-corrected chi connectivity index (χ0v) is 21.9. The Kier molecular flexibility index (Phi) is 20.7. The zero-order chi connectivity index (χ0) is 24.0. The van der Waals surface area contributed by atoms with Crippen LogP contribution in [0, 0.1) is 0 Å². The fourth-order valence-electron chi connectivity index (χ4n) is 4.95. The van der Waals surface area contributed by atoms with Gasteiger partial charge in [-0.1, -0.05) is 12.8 Å². The zero-order valence-electron chi connectivity index (χ0n) is 21.9. The van der Waals surface area contributed by atoms with Crippen LogP contribution in [-0.2, 0) is 0 Å².